The van der Waals surface area contributed by atoms with Crippen molar-refractivity contribution >= 4 is 28.6 Å². The van der Waals surface area contributed by atoms with Crippen LogP contribution in [0.5, 0.6) is 0 Å². The van der Waals surface area contributed by atoms with Gasteiger partial charge >= 0.3 is 0 Å². The van der Waals surface area contributed by atoms with Gasteiger partial charge in [0.2, 0.25) is 0 Å². The zero-order valence-electron chi connectivity index (χ0n) is 23.5. The first-order valence-electron chi connectivity index (χ1n) is 13.6. The summed E-state index contributed by atoms with van der Waals surface area (Å²) in [5.74, 6) is -0.316. The topological polar surface area (TPSA) is 59.6 Å². The van der Waals surface area contributed by atoms with Crippen LogP contribution in [0.1, 0.15) is 41.1 Å². The first-order valence-corrected chi connectivity index (χ1v) is 14.5. The van der Waals surface area contributed by atoms with Crippen molar-refractivity contribution in [2.75, 3.05) is 0 Å². The Bertz CT molecular complexity index is 1910. The van der Waals surface area contributed by atoms with Crippen LogP contribution in [0, 0.1) is 12.7 Å². The van der Waals surface area contributed by atoms with Gasteiger partial charge in [-0.25, -0.2) is 4.39 Å². The van der Waals surface area contributed by atoms with Crippen LogP contribution in [0.3, 0.4) is 0 Å². The lowest BCUT2D eigenvalue weighted by molar-refractivity contribution is 0.568. The average Bonchev–Trinajstić information content (AvgIpc) is 3.83. The van der Waals surface area contributed by atoms with Crippen LogP contribution in [0.2, 0.25) is 0 Å². The Balaban J connectivity index is 1.42. The summed E-state index contributed by atoms with van der Waals surface area (Å²) in [4.78, 5) is 12.8. The van der Waals surface area contributed by atoms with E-state index >= 15 is 4.39 Å². The van der Waals surface area contributed by atoms with E-state index in [1.54, 1.807) is 47.8 Å². The van der Waals surface area contributed by atoms with Crippen LogP contribution in [0.25, 0.3) is 45.2 Å². The monoisotopic (exact) mass is 572 g/mol. The summed E-state index contributed by atoms with van der Waals surface area (Å²) in [6, 6.07) is 11.3. The molecule has 5 aromatic heterocycles. The Hall–Kier alpha value is -5.01. The Kier molecular flexibility index (Phi) is 7.66. The summed E-state index contributed by atoms with van der Waals surface area (Å²) in [6.45, 7) is 6.04. The number of hydrogen-bond donors (Lipinski definition) is 1. The first kappa shape index (κ1) is 27.2. The molecule has 0 aliphatic carbocycles. The molecule has 1 N–H and O–H groups in total. The molecule has 0 aliphatic rings. The second-order valence-electron chi connectivity index (χ2n) is 9.82. The van der Waals surface area contributed by atoms with Crippen LogP contribution >= 0.6 is 11.3 Å². The molecule has 7 heteroatoms. The Morgan fingerprint density at radius 1 is 1.00 bits per heavy atom. The van der Waals surface area contributed by atoms with Gasteiger partial charge in [-0.1, -0.05) is 18.2 Å². The fourth-order valence-corrected chi connectivity index (χ4v) is 5.93. The van der Waals surface area contributed by atoms with Crippen molar-refractivity contribution < 1.29 is 8.81 Å². The van der Waals surface area contributed by atoms with Crippen molar-refractivity contribution in [3.05, 3.63) is 143 Å². The molecule has 1 aromatic carbocycles. The van der Waals surface area contributed by atoms with Crippen molar-refractivity contribution in [3.8, 4) is 27.9 Å². The number of allylic oxidation sites excluding steroid dienone is 4. The predicted octanol–water partition coefficient (Wildman–Crippen LogP) is 9.60. The number of rotatable bonds is 8. The molecule has 0 saturated heterocycles. The van der Waals surface area contributed by atoms with Crippen molar-refractivity contribution in [2.45, 2.75) is 20.8 Å². The molecular formula is C35H29FN4OS. The van der Waals surface area contributed by atoms with E-state index in [0.717, 1.165) is 60.8 Å². The zero-order chi connectivity index (χ0) is 29.1. The maximum atomic E-state index is 15.8. The lowest BCUT2D eigenvalue weighted by Gasteiger charge is -2.11. The highest BCUT2D eigenvalue weighted by Crippen LogP contribution is 2.35. The molecule has 6 aromatic rings. The molecule has 0 saturated carbocycles. The second kappa shape index (κ2) is 11.8. The van der Waals surface area contributed by atoms with E-state index in [2.05, 4.69) is 34.0 Å². The molecule has 208 valence electrons. The highest BCUT2D eigenvalue weighted by atomic mass is 32.1. The molecule has 5 heterocycles. The van der Waals surface area contributed by atoms with Gasteiger partial charge in [-0.15, -0.1) is 11.3 Å². The fourth-order valence-electron chi connectivity index (χ4n) is 5.21. The van der Waals surface area contributed by atoms with Crippen LogP contribution in [-0.2, 0) is 0 Å². The number of aromatic nitrogens is 4. The largest absolute Gasteiger partial charge is 0.472 e. The van der Waals surface area contributed by atoms with Gasteiger partial charge in [0, 0.05) is 81.9 Å². The molecule has 0 radical (unpaired) electrons. The third-order valence-corrected chi connectivity index (χ3v) is 8.09. The standard InChI is InChI=1S/C35H29FN4OS/c1-4-6-24(25-9-11-37-16-25)14-32-23(3)40(20-33(32)26-10-12-41-21-26)29-7-8-31(34(36)15-29)28-13-27(17-38-18-28)30(5-2)35-19-39-22-42-35/h4-22,37H,1-3H3/b6-4+,24-14+,30-5+. The van der Waals surface area contributed by atoms with E-state index in [9.17, 15) is 0 Å². The van der Waals surface area contributed by atoms with Gasteiger partial charge in [0.25, 0.3) is 0 Å². The number of furan rings is 1. The molecule has 0 spiro atoms. The minimum Gasteiger partial charge on any atom is -0.472 e. The molecular weight excluding hydrogens is 543 g/mol. The lowest BCUT2D eigenvalue weighted by atomic mass is 10.00. The minimum absolute atomic E-state index is 0.316. The van der Waals surface area contributed by atoms with Gasteiger partial charge in [-0.05, 0) is 80.0 Å². The number of H-pyrrole nitrogens is 1. The molecule has 0 unspecified atom stereocenters. The van der Waals surface area contributed by atoms with Crippen LogP contribution in [-0.4, -0.2) is 19.5 Å². The zero-order valence-corrected chi connectivity index (χ0v) is 24.3. The number of hydrogen-bond acceptors (Lipinski definition) is 4. The number of benzene rings is 1. The van der Waals surface area contributed by atoms with E-state index in [1.807, 2.05) is 85.7 Å². The molecule has 5 nitrogen and oxygen atoms in total. The molecule has 0 atom stereocenters. The number of thiazole rings is 1. The number of nitrogens with one attached hydrogen (secondary N) is 1. The van der Waals surface area contributed by atoms with Crippen molar-refractivity contribution in [1.82, 2.24) is 19.5 Å². The van der Waals surface area contributed by atoms with E-state index in [1.165, 1.54) is 0 Å². The van der Waals surface area contributed by atoms with E-state index in [-0.39, 0.29) is 5.82 Å². The van der Waals surface area contributed by atoms with Crippen molar-refractivity contribution in [1.29, 1.82) is 0 Å². The van der Waals surface area contributed by atoms with Gasteiger partial charge < -0.3 is 14.0 Å². The van der Waals surface area contributed by atoms with Gasteiger partial charge in [0.05, 0.1) is 22.9 Å². The van der Waals surface area contributed by atoms with Crippen molar-refractivity contribution in [2.24, 2.45) is 0 Å². The molecule has 0 bridgehead atoms. The summed E-state index contributed by atoms with van der Waals surface area (Å²) >= 11 is 1.56. The molecule has 0 fully saturated rings. The van der Waals surface area contributed by atoms with Crippen molar-refractivity contribution in [3.63, 3.8) is 0 Å². The van der Waals surface area contributed by atoms with E-state index in [4.69, 9.17) is 4.42 Å². The molecule has 6 rings (SSSR count). The summed E-state index contributed by atoms with van der Waals surface area (Å²) in [7, 11) is 0. The normalized spacial score (nSPS) is 12.5. The van der Waals surface area contributed by atoms with Gasteiger partial charge in [0.1, 0.15) is 5.82 Å². The SMILES string of the molecule is C/C=C/C(=C\c1c(-c2ccoc2)cn(-c2ccc(-c3cncc(/C(=C\C)c4cncs4)c3)c(F)c2)c1C)c1cc[nH]c1. The van der Waals surface area contributed by atoms with Crippen LogP contribution in [0.4, 0.5) is 4.39 Å². The Morgan fingerprint density at radius 3 is 2.60 bits per heavy atom. The predicted molar refractivity (Wildman–Crippen MR) is 170 cm³/mol. The number of aromatic amines is 1. The third kappa shape index (κ3) is 5.22. The molecule has 0 amide bonds. The average molecular weight is 573 g/mol. The second-order valence-corrected chi connectivity index (χ2v) is 10.7. The van der Waals surface area contributed by atoms with E-state index in [0.29, 0.717) is 5.56 Å². The van der Waals surface area contributed by atoms with E-state index < -0.39 is 0 Å². The number of halogens is 1. The lowest BCUT2D eigenvalue weighted by Crippen LogP contribution is -1.98. The molecule has 0 aliphatic heterocycles. The maximum absolute atomic E-state index is 15.8. The quantitative estimate of drug-likeness (QED) is 0.185. The number of pyridine rings is 1. The fraction of sp³-hybridized carbons (Fsp3) is 0.0857. The maximum Gasteiger partial charge on any atom is 0.133 e. The third-order valence-electron chi connectivity index (χ3n) is 7.29. The van der Waals surface area contributed by atoms with Gasteiger partial charge in [0.15, 0.2) is 0 Å². The summed E-state index contributed by atoms with van der Waals surface area (Å²) in [5, 5.41) is 0. The first-order chi connectivity index (χ1) is 20.6. The van der Waals surface area contributed by atoms with Crippen LogP contribution < -0.4 is 0 Å². The Morgan fingerprint density at radius 2 is 1.90 bits per heavy atom. The van der Waals surface area contributed by atoms with Gasteiger partial charge in [-0.3, -0.25) is 9.97 Å². The summed E-state index contributed by atoms with van der Waals surface area (Å²) in [5.41, 5.74) is 11.8. The van der Waals surface area contributed by atoms with Crippen LogP contribution in [0.15, 0.2) is 114 Å². The minimum atomic E-state index is -0.316. The smallest absolute Gasteiger partial charge is 0.133 e. The highest BCUT2D eigenvalue weighted by Gasteiger charge is 2.18. The highest BCUT2D eigenvalue weighted by molar-refractivity contribution is 7.10. The molecule has 42 heavy (non-hydrogen) atoms. The van der Waals surface area contributed by atoms with Gasteiger partial charge in [-0.2, -0.15) is 0 Å². The summed E-state index contributed by atoms with van der Waals surface area (Å²) < 4.78 is 23.3. The Labute approximate surface area is 248 Å². The number of nitrogens with zero attached hydrogens (tertiary/aromatic N) is 3. The summed E-state index contributed by atoms with van der Waals surface area (Å²) in [6.07, 6.45) is 23.0.